The van der Waals surface area contributed by atoms with Crippen LogP contribution in [0.2, 0.25) is 0 Å². The fourth-order valence-electron chi connectivity index (χ4n) is 2.50. The molecule has 1 aliphatic carbocycles. The summed E-state index contributed by atoms with van der Waals surface area (Å²) in [4.78, 5) is 4.06. The van der Waals surface area contributed by atoms with E-state index >= 15 is 0 Å². The van der Waals surface area contributed by atoms with Crippen LogP contribution >= 0.6 is 0 Å². The molecule has 4 rings (SSSR count). The van der Waals surface area contributed by atoms with E-state index in [2.05, 4.69) is 30.5 Å². The molecule has 8 heteroatoms. The molecule has 0 aromatic carbocycles. The maximum absolute atomic E-state index is 5.85. The summed E-state index contributed by atoms with van der Waals surface area (Å²) in [6, 6.07) is 2.03. The van der Waals surface area contributed by atoms with Crippen molar-refractivity contribution in [1.82, 2.24) is 35.0 Å². The highest BCUT2D eigenvalue weighted by Crippen LogP contribution is 2.40. The van der Waals surface area contributed by atoms with Crippen molar-refractivity contribution >= 4 is 5.65 Å². The van der Waals surface area contributed by atoms with Crippen molar-refractivity contribution in [2.75, 3.05) is 0 Å². The van der Waals surface area contributed by atoms with Gasteiger partial charge in [-0.25, -0.2) is 4.98 Å². The van der Waals surface area contributed by atoms with Crippen LogP contribution in [0.1, 0.15) is 42.4 Å². The summed E-state index contributed by atoms with van der Waals surface area (Å²) in [5.74, 6) is 2.56. The maximum atomic E-state index is 5.85. The molecule has 0 aliphatic heterocycles. The molecule has 1 fully saturated rings. The fourth-order valence-corrected chi connectivity index (χ4v) is 2.50. The molecule has 1 aliphatic rings. The summed E-state index contributed by atoms with van der Waals surface area (Å²) in [7, 11) is 0. The van der Waals surface area contributed by atoms with E-state index in [9.17, 15) is 0 Å². The Morgan fingerprint density at radius 2 is 2.29 bits per heavy atom. The molecule has 1 saturated carbocycles. The van der Waals surface area contributed by atoms with E-state index in [-0.39, 0.29) is 0 Å². The zero-order valence-corrected chi connectivity index (χ0v) is 11.7. The number of H-pyrrole nitrogens is 1. The van der Waals surface area contributed by atoms with Crippen LogP contribution in [0.3, 0.4) is 0 Å². The van der Waals surface area contributed by atoms with Gasteiger partial charge in [-0.2, -0.15) is 9.61 Å². The number of hydrogen-bond acceptors (Lipinski definition) is 6. The Hall–Kier alpha value is -2.51. The number of fused-ring (bicyclic) bond motifs is 1. The summed E-state index contributed by atoms with van der Waals surface area (Å²) in [6.07, 6.45) is 5.06. The van der Waals surface area contributed by atoms with Gasteiger partial charge >= 0.3 is 0 Å². The van der Waals surface area contributed by atoms with Crippen molar-refractivity contribution in [1.29, 1.82) is 0 Å². The monoisotopic (exact) mass is 285 g/mol. The summed E-state index contributed by atoms with van der Waals surface area (Å²) < 4.78 is 7.56. The van der Waals surface area contributed by atoms with Crippen LogP contribution in [0.4, 0.5) is 0 Å². The van der Waals surface area contributed by atoms with Gasteiger partial charge in [0.1, 0.15) is 12.9 Å². The molecule has 21 heavy (non-hydrogen) atoms. The second-order valence-corrected chi connectivity index (χ2v) is 5.27. The molecule has 3 heterocycles. The molecule has 0 atom stereocenters. The SMILES string of the molecule is Cc1nnc2cc(C3CCC3)c(OCc3ncn[nH]3)nn12. The number of aryl methyl sites for hydroxylation is 1. The minimum absolute atomic E-state index is 0.319. The molecule has 0 radical (unpaired) electrons. The van der Waals surface area contributed by atoms with E-state index in [1.807, 2.05) is 13.0 Å². The van der Waals surface area contributed by atoms with Crippen molar-refractivity contribution < 1.29 is 4.74 Å². The Balaban J connectivity index is 1.71. The maximum Gasteiger partial charge on any atom is 0.235 e. The van der Waals surface area contributed by atoms with E-state index in [1.165, 1.54) is 25.6 Å². The quantitative estimate of drug-likeness (QED) is 0.778. The van der Waals surface area contributed by atoms with Gasteiger partial charge in [-0.3, -0.25) is 5.10 Å². The Morgan fingerprint density at radius 3 is 3.00 bits per heavy atom. The number of hydrogen-bond donors (Lipinski definition) is 1. The predicted octanol–water partition coefficient (Wildman–Crippen LogP) is 1.40. The molecule has 0 spiro atoms. The third kappa shape index (κ3) is 2.12. The molecular formula is C13H15N7O. The fraction of sp³-hybridized carbons (Fsp3) is 0.462. The number of ether oxygens (including phenoxy) is 1. The van der Waals surface area contributed by atoms with Crippen LogP contribution in [-0.4, -0.2) is 35.0 Å². The molecule has 3 aromatic heterocycles. The van der Waals surface area contributed by atoms with Gasteiger partial charge in [0, 0.05) is 5.56 Å². The lowest BCUT2D eigenvalue weighted by Gasteiger charge is -2.26. The second kappa shape index (κ2) is 4.80. The number of nitrogens with zero attached hydrogens (tertiary/aromatic N) is 6. The van der Waals surface area contributed by atoms with E-state index in [0.717, 1.165) is 17.0 Å². The lowest BCUT2D eigenvalue weighted by molar-refractivity contribution is 0.268. The van der Waals surface area contributed by atoms with Crippen molar-refractivity contribution in [2.24, 2.45) is 0 Å². The van der Waals surface area contributed by atoms with Gasteiger partial charge < -0.3 is 4.74 Å². The summed E-state index contributed by atoms with van der Waals surface area (Å²) >= 11 is 0. The number of aromatic nitrogens is 7. The summed E-state index contributed by atoms with van der Waals surface area (Å²) in [6.45, 7) is 2.19. The highest BCUT2D eigenvalue weighted by molar-refractivity contribution is 5.45. The molecule has 1 N–H and O–H groups in total. The van der Waals surface area contributed by atoms with Crippen LogP contribution in [-0.2, 0) is 6.61 Å². The van der Waals surface area contributed by atoms with Gasteiger partial charge in [-0.1, -0.05) is 6.42 Å². The van der Waals surface area contributed by atoms with E-state index in [0.29, 0.717) is 24.2 Å². The van der Waals surface area contributed by atoms with Crippen LogP contribution in [0.15, 0.2) is 12.4 Å². The predicted molar refractivity (Wildman–Crippen MR) is 72.8 cm³/mol. The molecule has 0 saturated heterocycles. The largest absolute Gasteiger partial charge is 0.468 e. The van der Waals surface area contributed by atoms with Crippen molar-refractivity contribution in [3.63, 3.8) is 0 Å². The van der Waals surface area contributed by atoms with Crippen LogP contribution in [0.25, 0.3) is 5.65 Å². The standard InChI is InChI=1S/C13H15N7O/c1-8-16-18-12-5-10(9-3-2-4-9)13(19-20(8)12)21-6-11-14-7-15-17-11/h5,7,9H,2-4,6H2,1H3,(H,14,15,17). The minimum atomic E-state index is 0.319. The first kappa shape index (κ1) is 12.2. The van der Waals surface area contributed by atoms with Gasteiger partial charge in [-0.05, 0) is 31.7 Å². The first-order valence-electron chi connectivity index (χ1n) is 7.01. The second-order valence-electron chi connectivity index (χ2n) is 5.27. The first-order valence-corrected chi connectivity index (χ1v) is 7.01. The molecule has 8 nitrogen and oxygen atoms in total. The number of aromatic amines is 1. The van der Waals surface area contributed by atoms with Crippen molar-refractivity contribution in [2.45, 2.75) is 38.7 Å². The summed E-state index contributed by atoms with van der Waals surface area (Å²) in [5.41, 5.74) is 1.88. The van der Waals surface area contributed by atoms with Gasteiger partial charge in [0.05, 0.1) is 0 Å². The molecule has 0 bridgehead atoms. The smallest absolute Gasteiger partial charge is 0.235 e. The van der Waals surface area contributed by atoms with Crippen molar-refractivity contribution in [3.8, 4) is 5.88 Å². The van der Waals surface area contributed by atoms with Gasteiger partial charge in [0.15, 0.2) is 17.3 Å². The lowest BCUT2D eigenvalue weighted by Crippen LogP contribution is -2.14. The normalized spacial score (nSPS) is 15.3. The molecular weight excluding hydrogens is 270 g/mol. The van der Waals surface area contributed by atoms with E-state index in [1.54, 1.807) is 4.52 Å². The number of nitrogens with one attached hydrogen (secondary N) is 1. The van der Waals surface area contributed by atoms with Crippen LogP contribution in [0.5, 0.6) is 5.88 Å². The third-order valence-electron chi connectivity index (χ3n) is 3.90. The van der Waals surface area contributed by atoms with Gasteiger partial charge in [0.2, 0.25) is 5.88 Å². The molecule has 3 aromatic rings. The molecule has 0 unspecified atom stereocenters. The highest BCUT2D eigenvalue weighted by Gasteiger charge is 2.25. The lowest BCUT2D eigenvalue weighted by atomic mass is 9.80. The number of rotatable bonds is 4. The molecule has 108 valence electrons. The van der Waals surface area contributed by atoms with Crippen molar-refractivity contribution in [3.05, 3.63) is 29.6 Å². The highest BCUT2D eigenvalue weighted by atomic mass is 16.5. The van der Waals surface area contributed by atoms with Gasteiger partial charge in [-0.15, -0.1) is 15.3 Å². The van der Waals surface area contributed by atoms with E-state index < -0.39 is 0 Å². The summed E-state index contributed by atoms with van der Waals surface area (Å²) in [5, 5.41) is 19.3. The molecule has 0 amide bonds. The average Bonchev–Trinajstić information content (AvgIpc) is 3.05. The third-order valence-corrected chi connectivity index (χ3v) is 3.90. The zero-order valence-electron chi connectivity index (χ0n) is 11.7. The van der Waals surface area contributed by atoms with E-state index in [4.69, 9.17) is 4.74 Å². The topological polar surface area (TPSA) is 93.9 Å². The zero-order chi connectivity index (χ0) is 14.2. The average molecular weight is 285 g/mol. The Morgan fingerprint density at radius 1 is 1.38 bits per heavy atom. The van der Waals surface area contributed by atoms with Gasteiger partial charge in [0.25, 0.3) is 0 Å². The van der Waals surface area contributed by atoms with Crippen LogP contribution < -0.4 is 4.74 Å². The Bertz CT molecular complexity index is 760. The Labute approximate surface area is 120 Å². The minimum Gasteiger partial charge on any atom is -0.468 e. The first-order chi connectivity index (χ1) is 10.3. The Kier molecular flexibility index (Phi) is 2.80. The van der Waals surface area contributed by atoms with Crippen LogP contribution in [0, 0.1) is 6.92 Å².